The number of fused-ring (bicyclic) bond motifs is 4. The normalized spacial score (nSPS) is 19.9. The molecule has 53 heavy (non-hydrogen) atoms. The lowest BCUT2D eigenvalue weighted by Gasteiger charge is -2.27. The Morgan fingerprint density at radius 1 is 0.509 bits per heavy atom. The second kappa shape index (κ2) is 17.1. The average Bonchev–Trinajstić information content (AvgIpc) is 3.12. The summed E-state index contributed by atoms with van der Waals surface area (Å²) in [5.74, 6) is 3.11. The number of rotatable bonds is 1. The number of hydrogen-bond acceptors (Lipinski definition) is 12. The van der Waals surface area contributed by atoms with E-state index in [1.807, 2.05) is 94.4 Å². The fraction of sp³-hybridized carbons (Fsp3) is 0.243. The zero-order chi connectivity index (χ0) is 38.4. The Labute approximate surface area is 330 Å². The fourth-order valence-corrected chi connectivity index (χ4v) is 5.94. The van der Waals surface area contributed by atoms with Gasteiger partial charge in [-0.15, -0.1) is 0 Å². The predicted molar refractivity (Wildman–Crippen MR) is 233 cm³/mol. The summed E-state index contributed by atoms with van der Waals surface area (Å²) in [7, 11) is 0. The molecule has 0 aliphatic carbocycles. The first-order chi connectivity index (χ1) is 25.2. The van der Waals surface area contributed by atoms with Gasteiger partial charge >= 0.3 is 0 Å². The molecule has 278 valence electrons. The Kier molecular flexibility index (Phi) is 12.6. The van der Waals surface area contributed by atoms with Gasteiger partial charge in [0.25, 0.3) is 0 Å². The number of thiocarbonyl (C=S) groups is 4. The minimum Gasteiger partial charge on any atom is -0.481 e. The molecule has 12 N–H and O–H groups in total. The van der Waals surface area contributed by atoms with Gasteiger partial charge in [0.1, 0.15) is 78.7 Å². The predicted octanol–water partition coefficient (Wildman–Crippen LogP) is 7.55. The lowest BCUT2D eigenvalue weighted by Crippen LogP contribution is -2.35. The summed E-state index contributed by atoms with van der Waals surface area (Å²) in [6.07, 6.45) is 0.610. The van der Waals surface area contributed by atoms with Crippen molar-refractivity contribution in [3.63, 3.8) is 0 Å². The number of nitrogens with one attached hydrogen (secondary N) is 4. The third-order valence-corrected chi connectivity index (χ3v) is 9.76. The van der Waals surface area contributed by atoms with Gasteiger partial charge in [0.05, 0.1) is 22.7 Å². The van der Waals surface area contributed by atoms with Crippen LogP contribution in [0.15, 0.2) is 72.8 Å². The molecule has 0 saturated heterocycles. The molecule has 4 unspecified atom stereocenters. The van der Waals surface area contributed by atoms with Crippen LogP contribution in [-0.4, -0.2) is 44.4 Å². The van der Waals surface area contributed by atoms with E-state index in [4.69, 9.17) is 90.8 Å². The summed E-state index contributed by atoms with van der Waals surface area (Å²) in [4.78, 5) is 2.78. The van der Waals surface area contributed by atoms with Crippen molar-refractivity contribution in [3.8, 4) is 23.0 Å². The van der Waals surface area contributed by atoms with E-state index >= 15 is 0 Å². The molecule has 12 nitrogen and oxygen atoms in total. The maximum atomic E-state index is 5.79. The van der Waals surface area contributed by atoms with Crippen molar-refractivity contribution in [1.29, 1.82) is 0 Å². The van der Waals surface area contributed by atoms with Crippen LogP contribution in [0.25, 0.3) is 0 Å². The highest BCUT2D eigenvalue weighted by Crippen LogP contribution is 2.36. The smallest absolute Gasteiger partial charge is 0.149 e. The molecule has 0 saturated carbocycles. The summed E-state index contributed by atoms with van der Waals surface area (Å²) < 4.78 is 22.3. The van der Waals surface area contributed by atoms with Crippen molar-refractivity contribution < 1.29 is 18.9 Å². The zero-order valence-corrected chi connectivity index (χ0v) is 32.8. The van der Waals surface area contributed by atoms with Gasteiger partial charge in [-0.2, -0.15) is 0 Å². The first-order valence-electron chi connectivity index (χ1n) is 16.7. The molecule has 4 atom stereocenters. The quantitative estimate of drug-likeness (QED) is 0.0697. The SMILES string of the molecule is CC1Oc2cc(N)ccc2NC1=S.CC1Oc2ccc(N)cc2NC1=S.CC1Oc2cccc(N)c2NC1=S.CCC1Oc2cccc(N)c2NC1=S. The molecule has 8 rings (SSSR count). The number of nitrogen functional groups attached to an aromatic ring is 4. The Hall–Kier alpha value is -5.16. The Balaban J connectivity index is 0.000000136. The Morgan fingerprint density at radius 2 is 0.981 bits per heavy atom. The van der Waals surface area contributed by atoms with Crippen molar-refractivity contribution in [3.05, 3.63) is 72.8 Å². The van der Waals surface area contributed by atoms with Gasteiger partial charge in [0, 0.05) is 17.4 Å². The highest BCUT2D eigenvalue weighted by Gasteiger charge is 2.25. The molecule has 16 heteroatoms. The van der Waals surface area contributed by atoms with Crippen LogP contribution in [0.3, 0.4) is 0 Å². The summed E-state index contributed by atoms with van der Waals surface area (Å²) in [6, 6.07) is 22.1. The van der Waals surface area contributed by atoms with Crippen molar-refractivity contribution in [2.45, 2.75) is 58.5 Å². The minimum absolute atomic E-state index is 0.0284. The maximum absolute atomic E-state index is 5.79. The Morgan fingerprint density at radius 3 is 1.58 bits per heavy atom. The maximum Gasteiger partial charge on any atom is 0.149 e. The topological polar surface area (TPSA) is 189 Å². The fourth-order valence-electron chi connectivity index (χ4n) is 5.15. The van der Waals surface area contributed by atoms with E-state index in [0.717, 1.165) is 52.2 Å². The monoisotopic (exact) mass is 790 g/mol. The summed E-state index contributed by atoms with van der Waals surface area (Å²) >= 11 is 20.4. The summed E-state index contributed by atoms with van der Waals surface area (Å²) in [5, 5.41) is 12.3. The van der Waals surface area contributed by atoms with Crippen LogP contribution < -0.4 is 63.1 Å². The van der Waals surface area contributed by atoms with E-state index in [2.05, 4.69) is 21.3 Å². The molecule has 0 aromatic heterocycles. The number of anilines is 8. The van der Waals surface area contributed by atoms with Gasteiger partial charge in [0.2, 0.25) is 0 Å². The van der Waals surface area contributed by atoms with E-state index in [0.29, 0.717) is 42.7 Å². The second-order valence-corrected chi connectivity index (χ2v) is 14.0. The molecule has 4 aliphatic heterocycles. The molecule has 0 amide bonds. The van der Waals surface area contributed by atoms with Gasteiger partial charge in [-0.1, -0.05) is 67.9 Å². The third kappa shape index (κ3) is 9.64. The van der Waals surface area contributed by atoms with Crippen molar-refractivity contribution >= 4 is 114 Å². The highest BCUT2D eigenvalue weighted by atomic mass is 32.1. The third-order valence-electron chi connectivity index (χ3n) is 8.09. The van der Waals surface area contributed by atoms with Crippen LogP contribution >= 0.6 is 48.9 Å². The molecule has 0 radical (unpaired) electrons. The van der Waals surface area contributed by atoms with Gasteiger partial charge in [0.15, 0.2) is 0 Å². The van der Waals surface area contributed by atoms with E-state index < -0.39 is 0 Å². The van der Waals surface area contributed by atoms with Crippen LogP contribution in [-0.2, 0) is 0 Å². The van der Waals surface area contributed by atoms with Gasteiger partial charge in [-0.05, 0) is 81.8 Å². The first-order valence-corrected chi connectivity index (χ1v) is 18.3. The van der Waals surface area contributed by atoms with Gasteiger partial charge in [-0.3, -0.25) is 0 Å². The van der Waals surface area contributed by atoms with Crippen LogP contribution in [0.5, 0.6) is 23.0 Å². The standard InChI is InChI=1S/C10H12N2OS.3C9H10N2OS/c1-2-7-10(14)12-9-6(11)4-3-5-8(9)13-7;1-5-9(13)11-7-4-6(10)2-3-8(7)12-5;1-5-9(13)11-7-3-2-6(10)4-8(7)12-5;1-5-9(13)11-8-6(10)3-2-4-7(8)12-5/h3-5,7H,2,11H2,1H3,(H,12,14);3*2-5H,10H2,1H3,(H,11,13). The van der Waals surface area contributed by atoms with E-state index in [1.165, 1.54) is 0 Å². The molecule has 0 fully saturated rings. The van der Waals surface area contributed by atoms with Crippen molar-refractivity contribution in [2.75, 3.05) is 44.2 Å². The minimum atomic E-state index is -0.0794. The van der Waals surface area contributed by atoms with E-state index in [1.54, 1.807) is 6.07 Å². The molecule has 4 aliphatic rings. The van der Waals surface area contributed by atoms with Gasteiger partial charge < -0.3 is 63.1 Å². The zero-order valence-electron chi connectivity index (χ0n) is 29.5. The number of hydrogen-bond donors (Lipinski definition) is 8. The second-order valence-electron chi connectivity index (χ2n) is 12.2. The van der Waals surface area contributed by atoms with E-state index in [9.17, 15) is 0 Å². The van der Waals surface area contributed by atoms with Crippen LogP contribution in [0.4, 0.5) is 45.5 Å². The number of para-hydroxylation sites is 2. The molecule has 4 heterocycles. The van der Waals surface area contributed by atoms with Crippen molar-refractivity contribution in [2.24, 2.45) is 0 Å². The molecule has 0 bridgehead atoms. The molecule has 0 spiro atoms. The average molecular weight is 791 g/mol. The molecular formula is C37H42N8O4S4. The molecular weight excluding hydrogens is 749 g/mol. The molecule has 4 aromatic carbocycles. The summed E-state index contributed by atoms with van der Waals surface area (Å²) in [5.41, 5.74) is 28.8. The first kappa shape index (κ1) is 39.1. The number of ether oxygens (including phenoxy) is 4. The lowest BCUT2D eigenvalue weighted by atomic mass is 10.2. The number of benzene rings is 4. The number of nitrogens with two attached hydrogens (primary N) is 4. The highest BCUT2D eigenvalue weighted by molar-refractivity contribution is 7.81. The van der Waals surface area contributed by atoms with Crippen LogP contribution in [0.2, 0.25) is 0 Å². The summed E-state index contributed by atoms with van der Waals surface area (Å²) in [6.45, 7) is 7.76. The lowest BCUT2D eigenvalue weighted by molar-refractivity contribution is 0.261. The Bertz CT molecular complexity index is 2040. The molecule has 4 aromatic rings. The largest absolute Gasteiger partial charge is 0.481 e. The van der Waals surface area contributed by atoms with E-state index in [-0.39, 0.29) is 24.4 Å². The van der Waals surface area contributed by atoms with Gasteiger partial charge in [-0.25, -0.2) is 0 Å². The van der Waals surface area contributed by atoms with Crippen LogP contribution in [0.1, 0.15) is 34.1 Å². The van der Waals surface area contributed by atoms with Crippen molar-refractivity contribution in [1.82, 2.24) is 0 Å². The van der Waals surface area contributed by atoms with Crippen LogP contribution in [0, 0.1) is 0 Å².